The molecule has 0 spiro atoms. The molecule has 4 atom stereocenters. The lowest BCUT2D eigenvalue weighted by Gasteiger charge is -2.40. The number of imide groups is 1. The summed E-state index contributed by atoms with van der Waals surface area (Å²) in [7, 11) is 0. The number of rotatable bonds is 2. The number of hydrogen-bond acceptors (Lipinski definition) is 5. The first kappa shape index (κ1) is 15.0. The second-order valence-electron chi connectivity index (χ2n) is 4.77. The summed E-state index contributed by atoms with van der Waals surface area (Å²) < 4.78 is 46.6. The zero-order valence-corrected chi connectivity index (χ0v) is 10.3. The predicted octanol–water partition coefficient (Wildman–Crippen LogP) is -0.815. The highest BCUT2D eigenvalue weighted by molar-refractivity contribution is 5.98. The number of nitrogens with zero attached hydrogens (tertiary/aromatic N) is 1. The standard InChI is InChI=1S/C10H13F3N2O5/c1-4-2-15(8(19)14-7(4)18)10(13)9(11,12)6(17)5(3-16)20-10/h4-6,16-17H,2-3H2,1H3,(H,14,18,19)/t4?,5-,6-,10+/m1/s1. The molecule has 2 heterocycles. The average molecular weight is 298 g/mol. The Morgan fingerprint density at radius 3 is 2.55 bits per heavy atom. The maximum atomic E-state index is 14.5. The zero-order valence-electron chi connectivity index (χ0n) is 10.3. The van der Waals surface area contributed by atoms with Crippen molar-refractivity contribution in [3.63, 3.8) is 0 Å². The van der Waals surface area contributed by atoms with Crippen molar-refractivity contribution >= 4 is 11.9 Å². The Morgan fingerprint density at radius 2 is 2.05 bits per heavy atom. The van der Waals surface area contributed by atoms with Gasteiger partial charge in [0.15, 0.2) is 6.10 Å². The summed E-state index contributed by atoms with van der Waals surface area (Å²) in [6.45, 7) is -0.376. The maximum absolute atomic E-state index is 14.5. The summed E-state index contributed by atoms with van der Waals surface area (Å²) in [5.41, 5.74) is 0. The van der Waals surface area contributed by atoms with E-state index in [2.05, 4.69) is 4.74 Å². The number of ether oxygens (including phenoxy) is 1. The van der Waals surface area contributed by atoms with Crippen molar-refractivity contribution < 1.29 is 37.7 Å². The minimum Gasteiger partial charge on any atom is -0.394 e. The van der Waals surface area contributed by atoms with Crippen molar-refractivity contribution in [1.82, 2.24) is 10.2 Å². The van der Waals surface area contributed by atoms with Crippen LogP contribution < -0.4 is 5.32 Å². The molecule has 0 aromatic rings. The number of halogens is 3. The second kappa shape index (κ2) is 4.57. The van der Waals surface area contributed by atoms with Crippen molar-refractivity contribution in [1.29, 1.82) is 0 Å². The molecule has 3 N–H and O–H groups in total. The van der Waals surface area contributed by atoms with E-state index in [0.29, 0.717) is 0 Å². The second-order valence-corrected chi connectivity index (χ2v) is 4.77. The van der Waals surface area contributed by atoms with Crippen molar-refractivity contribution in [2.45, 2.75) is 31.0 Å². The van der Waals surface area contributed by atoms with Crippen molar-refractivity contribution in [2.24, 2.45) is 5.92 Å². The molecular weight excluding hydrogens is 285 g/mol. The number of amides is 3. The van der Waals surface area contributed by atoms with Gasteiger partial charge < -0.3 is 14.9 Å². The van der Waals surface area contributed by atoms with Crippen molar-refractivity contribution in [2.75, 3.05) is 13.2 Å². The van der Waals surface area contributed by atoms with Crippen LogP contribution in [0.3, 0.4) is 0 Å². The average Bonchev–Trinajstić information content (AvgIpc) is 2.55. The van der Waals surface area contributed by atoms with Gasteiger partial charge in [-0.1, -0.05) is 6.92 Å². The fraction of sp³-hybridized carbons (Fsp3) is 0.800. The third-order valence-corrected chi connectivity index (χ3v) is 3.35. The van der Waals surface area contributed by atoms with E-state index in [1.165, 1.54) is 6.92 Å². The molecule has 10 heteroatoms. The summed E-state index contributed by atoms with van der Waals surface area (Å²) in [6, 6.07) is -1.39. The molecule has 20 heavy (non-hydrogen) atoms. The quantitative estimate of drug-likeness (QED) is 0.579. The predicted molar refractivity (Wildman–Crippen MR) is 56.2 cm³/mol. The smallest absolute Gasteiger partial charge is 0.361 e. The Hall–Kier alpha value is -1.39. The number of alkyl halides is 3. The molecule has 0 aromatic carbocycles. The minimum absolute atomic E-state index is 0.0119. The number of urea groups is 1. The number of aliphatic hydroxyl groups excluding tert-OH is 2. The fourth-order valence-electron chi connectivity index (χ4n) is 2.12. The van der Waals surface area contributed by atoms with Crippen LogP contribution >= 0.6 is 0 Å². The van der Waals surface area contributed by atoms with Gasteiger partial charge in [-0.3, -0.25) is 15.0 Å². The van der Waals surface area contributed by atoms with Gasteiger partial charge in [0.2, 0.25) is 5.91 Å². The molecule has 1 unspecified atom stereocenters. The monoisotopic (exact) mass is 298 g/mol. The van der Waals surface area contributed by atoms with Gasteiger partial charge >= 0.3 is 17.9 Å². The topological polar surface area (TPSA) is 99.1 Å². The van der Waals surface area contributed by atoms with Crippen LogP contribution in [0.5, 0.6) is 0 Å². The lowest BCUT2D eigenvalue weighted by atomic mass is 10.1. The van der Waals surface area contributed by atoms with Gasteiger partial charge in [-0.25, -0.2) is 4.79 Å². The van der Waals surface area contributed by atoms with Crippen LogP contribution in [0.15, 0.2) is 0 Å². The fourth-order valence-corrected chi connectivity index (χ4v) is 2.12. The van der Waals surface area contributed by atoms with E-state index >= 15 is 0 Å². The first-order valence-electron chi connectivity index (χ1n) is 5.81. The van der Waals surface area contributed by atoms with Crippen LogP contribution in [-0.4, -0.2) is 64.3 Å². The highest BCUT2D eigenvalue weighted by Gasteiger charge is 2.74. The molecule has 2 saturated heterocycles. The van der Waals surface area contributed by atoms with Gasteiger partial charge in [-0.05, 0) is 0 Å². The van der Waals surface area contributed by atoms with Crippen molar-refractivity contribution in [3.05, 3.63) is 0 Å². The van der Waals surface area contributed by atoms with Crippen LogP contribution in [0.1, 0.15) is 6.92 Å². The highest BCUT2D eigenvalue weighted by atomic mass is 19.3. The Labute approximate surface area is 111 Å². The summed E-state index contributed by atoms with van der Waals surface area (Å²) >= 11 is 0. The molecule has 0 radical (unpaired) electrons. The molecule has 7 nitrogen and oxygen atoms in total. The van der Waals surface area contributed by atoms with E-state index in [-0.39, 0.29) is 4.90 Å². The van der Waals surface area contributed by atoms with Gasteiger partial charge in [0.1, 0.15) is 6.10 Å². The lowest BCUT2D eigenvalue weighted by molar-refractivity contribution is -0.305. The molecule has 0 bridgehead atoms. The molecular formula is C10H13F3N2O5. The largest absolute Gasteiger partial charge is 0.394 e. The molecule has 2 rings (SSSR count). The lowest BCUT2D eigenvalue weighted by Crippen LogP contribution is -2.66. The molecule has 114 valence electrons. The molecule has 0 aromatic heterocycles. The Balaban J connectivity index is 2.35. The van der Waals surface area contributed by atoms with E-state index in [0.717, 1.165) is 0 Å². The summed E-state index contributed by atoms with van der Waals surface area (Å²) in [6.07, 6.45) is -4.49. The molecule has 0 saturated carbocycles. The Bertz CT molecular complexity index is 449. The molecule has 2 aliphatic heterocycles. The van der Waals surface area contributed by atoms with Crippen molar-refractivity contribution in [3.8, 4) is 0 Å². The van der Waals surface area contributed by atoms with Gasteiger partial charge in [-0.15, -0.1) is 0 Å². The summed E-state index contributed by atoms with van der Waals surface area (Å²) in [4.78, 5) is 22.8. The minimum atomic E-state index is -4.45. The summed E-state index contributed by atoms with van der Waals surface area (Å²) in [5.74, 6) is -10.0. The van der Waals surface area contributed by atoms with Gasteiger partial charge in [0.05, 0.1) is 12.5 Å². The van der Waals surface area contributed by atoms with E-state index in [1.807, 2.05) is 0 Å². The zero-order chi connectivity index (χ0) is 15.3. The van der Waals surface area contributed by atoms with Crippen LogP contribution in [0.4, 0.5) is 18.0 Å². The van der Waals surface area contributed by atoms with E-state index in [4.69, 9.17) is 5.11 Å². The SMILES string of the molecule is CC1CN([C@]2(F)O[C@H](CO)[C@@H](O)C2(F)F)C(=O)NC1=O. The van der Waals surface area contributed by atoms with Gasteiger partial charge in [0, 0.05) is 6.54 Å². The van der Waals surface area contributed by atoms with E-state index < -0.39 is 55.1 Å². The van der Waals surface area contributed by atoms with Crippen LogP contribution in [0, 0.1) is 5.92 Å². The van der Waals surface area contributed by atoms with Crippen LogP contribution in [0.2, 0.25) is 0 Å². The number of hydrogen-bond donors (Lipinski definition) is 3. The van der Waals surface area contributed by atoms with Gasteiger partial charge in [-0.2, -0.15) is 13.2 Å². The number of aliphatic hydroxyl groups is 2. The normalized spacial score (nSPS) is 40.9. The maximum Gasteiger partial charge on any atom is 0.361 e. The van der Waals surface area contributed by atoms with E-state index in [9.17, 15) is 27.9 Å². The van der Waals surface area contributed by atoms with Gasteiger partial charge in [0.25, 0.3) is 0 Å². The van der Waals surface area contributed by atoms with E-state index in [1.54, 1.807) is 5.32 Å². The molecule has 2 aliphatic rings. The first-order chi connectivity index (χ1) is 9.15. The van der Waals surface area contributed by atoms with Crippen LogP contribution in [0.25, 0.3) is 0 Å². The molecule has 3 amide bonds. The number of carbonyl (C=O) groups excluding carboxylic acids is 2. The Morgan fingerprint density at radius 1 is 1.45 bits per heavy atom. The number of nitrogens with one attached hydrogen (secondary N) is 1. The first-order valence-corrected chi connectivity index (χ1v) is 5.81. The highest BCUT2D eigenvalue weighted by Crippen LogP contribution is 2.48. The molecule has 2 fully saturated rings. The summed E-state index contributed by atoms with van der Waals surface area (Å²) in [5, 5.41) is 19.8. The number of carbonyl (C=O) groups is 2. The van der Waals surface area contributed by atoms with Crippen LogP contribution in [-0.2, 0) is 9.53 Å². The third kappa shape index (κ3) is 1.86. The third-order valence-electron chi connectivity index (χ3n) is 3.35. The Kier molecular flexibility index (Phi) is 3.43. The molecule has 0 aliphatic carbocycles.